The number of quaternary nitrogens is 1. The van der Waals surface area contributed by atoms with Crippen molar-refractivity contribution in [2.45, 2.75) is 6.54 Å². The van der Waals surface area contributed by atoms with Gasteiger partial charge in [-0.1, -0.05) is 0 Å². The fraction of sp³-hybridized carbons (Fsp3) is 0.400. The largest absolute Gasteiger partial charge is 0.497 e. The van der Waals surface area contributed by atoms with Gasteiger partial charge in [-0.3, -0.25) is 0 Å². The molecule has 0 aliphatic carbocycles. The number of hydrogen-bond donors (Lipinski definition) is 1. The minimum Gasteiger partial charge on any atom is -0.497 e. The molecule has 106 valence electrons. The van der Waals surface area contributed by atoms with Crippen molar-refractivity contribution in [1.82, 2.24) is 0 Å². The van der Waals surface area contributed by atoms with Crippen molar-refractivity contribution in [3.05, 3.63) is 40.2 Å². The molecule has 5 nitrogen and oxygen atoms in total. The molecular weight excluding hydrogens is 258 g/mol. The monoisotopic (exact) mass is 276 g/mol. The smallest absolute Gasteiger partial charge is 0.336 e. The van der Waals surface area contributed by atoms with Gasteiger partial charge in [0.2, 0.25) is 0 Å². The number of fused-ring (bicyclic) bond motifs is 1. The quantitative estimate of drug-likeness (QED) is 0.815. The summed E-state index contributed by atoms with van der Waals surface area (Å²) >= 11 is 0. The highest BCUT2D eigenvalue weighted by molar-refractivity contribution is 5.81. The van der Waals surface area contributed by atoms with Crippen molar-refractivity contribution < 1.29 is 18.8 Å². The van der Waals surface area contributed by atoms with Crippen LogP contribution in [0, 0.1) is 0 Å². The zero-order chi connectivity index (χ0) is 13.9. The first kappa shape index (κ1) is 13.1. The van der Waals surface area contributed by atoms with E-state index >= 15 is 0 Å². The number of nitrogens with one attached hydrogen (secondary N) is 1. The summed E-state index contributed by atoms with van der Waals surface area (Å²) in [5.41, 5.74) is 1.32. The predicted octanol–water partition coefficient (Wildman–Crippen LogP) is 0.217. The second kappa shape index (κ2) is 5.64. The molecule has 1 aromatic heterocycles. The zero-order valence-corrected chi connectivity index (χ0v) is 11.5. The molecule has 0 saturated carbocycles. The van der Waals surface area contributed by atoms with Crippen LogP contribution in [0.1, 0.15) is 5.56 Å². The van der Waals surface area contributed by atoms with Gasteiger partial charge in [0.05, 0.1) is 20.3 Å². The van der Waals surface area contributed by atoms with Gasteiger partial charge in [0.15, 0.2) is 0 Å². The minimum absolute atomic E-state index is 0.301. The van der Waals surface area contributed by atoms with Crippen LogP contribution in [0.2, 0.25) is 0 Å². The Kier molecular flexibility index (Phi) is 3.71. The van der Waals surface area contributed by atoms with E-state index < -0.39 is 0 Å². The maximum absolute atomic E-state index is 11.7. The Balaban J connectivity index is 2.00. The maximum atomic E-state index is 11.7. The molecule has 2 aromatic rings. The molecule has 1 fully saturated rings. The summed E-state index contributed by atoms with van der Waals surface area (Å²) in [7, 11) is 1.63. The van der Waals surface area contributed by atoms with Gasteiger partial charge in [-0.15, -0.1) is 0 Å². The van der Waals surface area contributed by atoms with Crippen LogP contribution < -0.4 is 15.3 Å². The number of benzene rings is 1. The summed E-state index contributed by atoms with van der Waals surface area (Å²) in [5, 5.41) is 0.947. The van der Waals surface area contributed by atoms with Crippen LogP contribution in [0.3, 0.4) is 0 Å². The molecule has 1 aromatic carbocycles. The summed E-state index contributed by atoms with van der Waals surface area (Å²) in [6.45, 7) is 4.28. The zero-order valence-electron chi connectivity index (χ0n) is 11.5. The van der Waals surface area contributed by atoms with Gasteiger partial charge < -0.3 is 18.8 Å². The first-order valence-electron chi connectivity index (χ1n) is 6.78. The molecule has 0 atom stereocenters. The molecule has 3 rings (SSSR count). The molecule has 1 N–H and O–H groups in total. The van der Waals surface area contributed by atoms with Crippen LogP contribution in [-0.4, -0.2) is 33.4 Å². The van der Waals surface area contributed by atoms with Crippen molar-refractivity contribution in [1.29, 1.82) is 0 Å². The highest BCUT2D eigenvalue weighted by atomic mass is 16.5. The van der Waals surface area contributed by atoms with Crippen LogP contribution >= 0.6 is 0 Å². The van der Waals surface area contributed by atoms with E-state index in [1.54, 1.807) is 25.3 Å². The highest BCUT2D eigenvalue weighted by Crippen LogP contribution is 2.22. The number of rotatable bonds is 3. The highest BCUT2D eigenvalue weighted by Gasteiger charge is 2.17. The Hall–Kier alpha value is -1.85. The van der Waals surface area contributed by atoms with E-state index in [-0.39, 0.29) is 5.63 Å². The lowest BCUT2D eigenvalue weighted by Gasteiger charge is -2.24. The first-order chi connectivity index (χ1) is 9.76. The van der Waals surface area contributed by atoms with Gasteiger partial charge in [0, 0.05) is 17.0 Å². The Morgan fingerprint density at radius 2 is 2.05 bits per heavy atom. The van der Waals surface area contributed by atoms with Gasteiger partial charge in [-0.25, -0.2) is 4.79 Å². The van der Waals surface area contributed by atoms with Crippen molar-refractivity contribution in [2.24, 2.45) is 0 Å². The lowest BCUT2D eigenvalue weighted by atomic mass is 10.1. The van der Waals surface area contributed by atoms with Crippen molar-refractivity contribution in [2.75, 3.05) is 33.4 Å². The molecule has 0 bridgehead atoms. The Labute approximate surface area is 116 Å². The van der Waals surface area contributed by atoms with Gasteiger partial charge in [0.1, 0.15) is 31.0 Å². The molecule has 0 spiro atoms. The summed E-state index contributed by atoms with van der Waals surface area (Å²) in [6, 6.07) is 7.10. The minimum atomic E-state index is -0.301. The number of hydrogen-bond acceptors (Lipinski definition) is 4. The van der Waals surface area contributed by atoms with E-state index in [0.717, 1.165) is 49.5 Å². The molecule has 1 saturated heterocycles. The Morgan fingerprint density at radius 1 is 1.25 bits per heavy atom. The topological polar surface area (TPSA) is 53.1 Å². The van der Waals surface area contributed by atoms with E-state index in [9.17, 15) is 4.79 Å². The second-order valence-electron chi connectivity index (χ2n) is 4.99. The van der Waals surface area contributed by atoms with Crippen molar-refractivity contribution in [3.63, 3.8) is 0 Å². The lowest BCUT2D eigenvalue weighted by Crippen LogP contribution is -3.12. The molecule has 1 aliphatic rings. The van der Waals surface area contributed by atoms with Gasteiger partial charge in [-0.2, -0.15) is 0 Å². The van der Waals surface area contributed by atoms with E-state index in [1.807, 2.05) is 6.07 Å². The van der Waals surface area contributed by atoms with E-state index in [4.69, 9.17) is 13.9 Å². The van der Waals surface area contributed by atoms with Gasteiger partial charge >= 0.3 is 5.63 Å². The molecule has 0 unspecified atom stereocenters. The standard InChI is InChI=1S/C15H17NO4/c1-18-12-2-3-14-13(9-12)11(8-15(17)20-14)10-16-4-6-19-7-5-16/h2-3,8-9H,4-7,10H2,1H3/p+1. The van der Waals surface area contributed by atoms with Crippen LogP contribution in [0.25, 0.3) is 11.0 Å². The van der Waals surface area contributed by atoms with Crippen LogP contribution in [0.4, 0.5) is 0 Å². The van der Waals surface area contributed by atoms with Crippen LogP contribution in [-0.2, 0) is 11.3 Å². The molecule has 2 heterocycles. The lowest BCUT2D eigenvalue weighted by molar-refractivity contribution is -0.921. The SMILES string of the molecule is COc1ccc2oc(=O)cc(C[NH+]3CCOCC3)c2c1. The Morgan fingerprint density at radius 3 is 2.80 bits per heavy atom. The summed E-state index contributed by atoms with van der Waals surface area (Å²) < 4.78 is 15.9. The normalized spacial score (nSPS) is 16.4. The first-order valence-corrected chi connectivity index (χ1v) is 6.78. The number of methoxy groups -OCH3 is 1. The third-order valence-electron chi connectivity index (χ3n) is 3.68. The average molecular weight is 276 g/mol. The Bertz CT molecular complexity index is 658. The van der Waals surface area contributed by atoms with Crippen molar-refractivity contribution in [3.8, 4) is 5.75 Å². The fourth-order valence-corrected chi connectivity index (χ4v) is 2.59. The average Bonchev–Trinajstić information content (AvgIpc) is 2.48. The van der Waals surface area contributed by atoms with E-state index in [1.165, 1.54) is 4.90 Å². The third kappa shape index (κ3) is 2.69. The fourth-order valence-electron chi connectivity index (χ4n) is 2.59. The van der Waals surface area contributed by atoms with Crippen molar-refractivity contribution >= 4 is 11.0 Å². The molecule has 1 aliphatic heterocycles. The maximum Gasteiger partial charge on any atom is 0.336 e. The number of ether oxygens (including phenoxy) is 2. The molecular formula is C15H18NO4+. The van der Waals surface area contributed by atoms with Gasteiger partial charge in [0.25, 0.3) is 0 Å². The summed E-state index contributed by atoms with van der Waals surface area (Å²) in [6.07, 6.45) is 0. The van der Waals surface area contributed by atoms with E-state index in [2.05, 4.69) is 0 Å². The summed E-state index contributed by atoms with van der Waals surface area (Å²) in [4.78, 5) is 13.1. The van der Waals surface area contributed by atoms with Gasteiger partial charge in [-0.05, 0) is 18.2 Å². The predicted molar refractivity (Wildman–Crippen MR) is 74.3 cm³/mol. The molecule has 20 heavy (non-hydrogen) atoms. The molecule has 0 radical (unpaired) electrons. The number of morpholine rings is 1. The molecule has 0 amide bonds. The summed E-state index contributed by atoms with van der Waals surface area (Å²) in [5.74, 6) is 0.768. The molecule has 5 heteroatoms. The van der Waals surface area contributed by atoms with Crippen LogP contribution in [0.5, 0.6) is 5.75 Å². The van der Waals surface area contributed by atoms with Crippen LogP contribution in [0.15, 0.2) is 33.5 Å². The third-order valence-corrected chi connectivity index (χ3v) is 3.68. The van der Waals surface area contributed by atoms with E-state index in [0.29, 0.717) is 5.58 Å². The second-order valence-corrected chi connectivity index (χ2v) is 4.99.